The van der Waals surface area contributed by atoms with E-state index in [4.69, 9.17) is 0 Å². The van der Waals surface area contributed by atoms with Crippen molar-refractivity contribution in [2.45, 2.75) is 39.0 Å². The van der Waals surface area contributed by atoms with Gasteiger partial charge in [-0.25, -0.2) is 0 Å². The molecular weight excluding hydrogens is 387 g/mol. The lowest BCUT2D eigenvalue weighted by Gasteiger charge is -2.27. The summed E-state index contributed by atoms with van der Waals surface area (Å²) in [6.07, 6.45) is -4.78. The number of amides is 1. The SMILES string of the molecule is Cc1[nH]c2ccccc2c1CC(=O)CC(=O)N1CCn2c(nnc2C(F)(F)F)C1. The monoisotopic (exact) mass is 405 g/mol. The zero-order valence-electron chi connectivity index (χ0n) is 15.6. The highest BCUT2D eigenvalue weighted by Gasteiger charge is 2.40. The molecule has 0 fully saturated rings. The number of rotatable bonds is 4. The van der Waals surface area contributed by atoms with E-state index < -0.39 is 17.9 Å². The van der Waals surface area contributed by atoms with E-state index >= 15 is 0 Å². The molecule has 0 bridgehead atoms. The molecule has 1 aliphatic heterocycles. The molecule has 3 heterocycles. The van der Waals surface area contributed by atoms with Crippen LogP contribution in [0, 0.1) is 6.92 Å². The van der Waals surface area contributed by atoms with Gasteiger partial charge in [0.15, 0.2) is 5.82 Å². The number of alkyl halides is 3. The minimum Gasteiger partial charge on any atom is -0.358 e. The summed E-state index contributed by atoms with van der Waals surface area (Å²) in [5.74, 6) is -1.66. The maximum Gasteiger partial charge on any atom is 0.451 e. The lowest BCUT2D eigenvalue weighted by molar-refractivity contribution is -0.148. The number of aryl methyl sites for hydroxylation is 1. The molecule has 0 saturated heterocycles. The van der Waals surface area contributed by atoms with Crippen LogP contribution < -0.4 is 0 Å². The standard InChI is InChI=1S/C19H18F3N5O2/c1-11-14(13-4-2-3-5-15(13)23-11)8-12(28)9-17(29)26-6-7-27-16(10-26)24-25-18(27)19(20,21)22/h2-5,23H,6-10H2,1H3. The first-order valence-corrected chi connectivity index (χ1v) is 9.09. The highest BCUT2D eigenvalue weighted by molar-refractivity contribution is 6.00. The van der Waals surface area contributed by atoms with Gasteiger partial charge in [0.2, 0.25) is 11.7 Å². The van der Waals surface area contributed by atoms with Crippen LogP contribution in [0.25, 0.3) is 10.9 Å². The molecule has 29 heavy (non-hydrogen) atoms. The van der Waals surface area contributed by atoms with Gasteiger partial charge in [-0.3, -0.25) is 9.59 Å². The quantitative estimate of drug-likeness (QED) is 0.677. The van der Waals surface area contributed by atoms with Gasteiger partial charge in [0.05, 0.1) is 13.0 Å². The molecule has 0 atom stereocenters. The zero-order valence-corrected chi connectivity index (χ0v) is 15.6. The highest BCUT2D eigenvalue weighted by atomic mass is 19.4. The average molecular weight is 405 g/mol. The van der Waals surface area contributed by atoms with Gasteiger partial charge >= 0.3 is 6.18 Å². The lowest BCUT2D eigenvalue weighted by Crippen LogP contribution is -2.40. The molecule has 3 aromatic rings. The molecule has 1 aliphatic rings. The number of aromatic amines is 1. The van der Waals surface area contributed by atoms with E-state index in [2.05, 4.69) is 15.2 Å². The van der Waals surface area contributed by atoms with Crippen LogP contribution >= 0.6 is 0 Å². The number of Topliss-reactive ketones (excluding diaryl/α,β-unsaturated/α-hetero) is 1. The number of halogens is 3. The minimum atomic E-state index is -4.59. The van der Waals surface area contributed by atoms with Gasteiger partial charge in [0.25, 0.3) is 0 Å². The Kier molecular flexibility index (Phi) is 4.64. The summed E-state index contributed by atoms with van der Waals surface area (Å²) in [7, 11) is 0. The molecule has 1 N–H and O–H groups in total. The Morgan fingerprint density at radius 1 is 1.17 bits per heavy atom. The Morgan fingerprint density at radius 2 is 1.93 bits per heavy atom. The summed E-state index contributed by atoms with van der Waals surface area (Å²) >= 11 is 0. The lowest BCUT2D eigenvalue weighted by atomic mass is 10.0. The minimum absolute atomic E-state index is 0.0569. The first-order valence-electron chi connectivity index (χ1n) is 9.09. The maximum absolute atomic E-state index is 12.9. The fourth-order valence-corrected chi connectivity index (χ4v) is 3.68. The molecule has 1 aromatic carbocycles. The number of nitrogens with one attached hydrogen (secondary N) is 1. The fraction of sp³-hybridized carbons (Fsp3) is 0.368. The molecule has 2 aromatic heterocycles. The van der Waals surface area contributed by atoms with E-state index in [0.717, 1.165) is 26.7 Å². The van der Waals surface area contributed by atoms with E-state index in [0.29, 0.717) is 0 Å². The Morgan fingerprint density at radius 3 is 2.69 bits per heavy atom. The van der Waals surface area contributed by atoms with Crippen molar-refractivity contribution < 1.29 is 22.8 Å². The largest absolute Gasteiger partial charge is 0.451 e. The van der Waals surface area contributed by atoms with E-state index in [1.165, 1.54) is 4.90 Å². The number of H-pyrrole nitrogens is 1. The van der Waals surface area contributed by atoms with Gasteiger partial charge in [-0.1, -0.05) is 18.2 Å². The van der Waals surface area contributed by atoms with E-state index in [1.807, 2.05) is 31.2 Å². The van der Waals surface area contributed by atoms with Crippen molar-refractivity contribution in [3.05, 3.63) is 47.2 Å². The number of carbonyl (C=O) groups is 2. The molecule has 4 rings (SSSR count). The van der Waals surface area contributed by atoms with Crippen molar-refractivity contribution >= 4 is 22.6 Å². The van der Waals surface area contributed by atoms with Gasteiger partial charge in [0, 0.05) is 36.1 Å². The van der Waals surface area contributed by atoms with Crippen LogP contribution in [0.4, 0.5) is 13.2 Å². The van der Waals surface area contributed by atoms with Crippen LogP contribution in [0.1, 0.15) is 29.3 Å². The predicted molar refractivity (Wildman–Crippen MR) is 96.8 cm³/mol. The maximum atomic E-state index is 12.9. The second kappa shape index (κ2) is 7.02. The smallest absolute Gasteiger partial charge is 0.358 e. The van der Waals surface area contributed by atoms with Crippen LogP contribution in [0.15, 0.2) is 24.3 Å². The number of aromatic nitrogens is 4. The molecular formula is C19H18F3N5O2. The van der Waals surface area contributed by atoms with Gasteiger partial charge in [-0.2, -0.15) is 13.2 Å². The summed E-state index contributed by atoms with van der Waals surface area (Å²) in [5.41, 5.74) is 2.65. The number of nitrogens with zero attached hydrogens (tertiary/aromatic N) is 4. The van der Waals surface area contributed by atoms with Crippen molar-refractivity contribution in [1.82, 2.24) is 24.6 Å². The van der Waals surface area contributed by atoms with Gasteiger partial charge in [-0.15, -0.1) is 10.2 Å². The molecule has 0 radical (unpaired) electrons. The van der Waals surface area contributed by atoms with E-state index in [1.54, 1.807) is 0 Å². The molecule has 10 heteroatoms. The highest BCUT2D eigenvalue weighted by Crippen LogP contribution is 2.29. The van der Waals surface area contributed by atoms with Gasteiger partial charge in [-0.05, 0) is 18.6 Å². The third-order valence-corrected chi connectivity index (χ3v) is 5.11. The Balaban J connectivity index is 1.43. The van der Waals surface area contributed by atoms with Crippen molar-refractivity contribution in [2.75, 3.05) is 6.54 Å². The number of hydrogen-bond donors (Lipinski definition) is 1. The molecule has 0 spiro atoms. The van der Waals surface area contributed by atoms with Crippen molar-refractivity contribution in [3.8, 4) is 0 Å². The predicted octanol–water partition coefficient (Wildman–Crippen LogP) is 2.63. The van der Waals surface area contributed by atoms with E-state index in [9.17, 15) is 22.8 Å². The second-order valence-corrected chi connectivity index (χ2v) is 7.07. The molecule has 1 amide bonds. The third-order valence-electron chi connectivity index (χ3n) is 5.11. The normalized spacial score (nSPS) is 14.3. The van der Waals surface area contributed by atoms with Crippen LogP contribution in [0.5, 0.6) is 0 Å². The number of carbonyl (C=O) groups excluding carboxylic acids is 2. The third kappa shape index (κ3) is 3.62. The van der Waals surface area contributed by atoms with Crippen molar-refractivity contribution in [1.29, 1.82) is 0 Å². The van der Waals surface area contributed by atoms with Crippen LogP contribution in [-0.4, -0.2) is 42.9 Å². The number of benzene rings is 1. The molecule has 152 valence electrons. The van der Waals surface area contributed by atoms with Crippen molar-refractivity contribution in [2.24, 2.45) is 0 Å². The average Bonchev–Trinajstić information content (AvgIpc) is 3.22. The Labute approximate surface area is 163 Å². The van der Waals surface area contributed by atoms with Gasteiger partial charge < -0.3 is 14.5 Å². The molecule has 0 saturated carbocycles. The molecule has 7 nitrogen and oxygen atoms in total. The Hall–Kier alpha value is -3.17. The second-order valence-electron chi connectivity index (χ2n) is 7.07. The topological polar surface area (TPSA) is 83.9 Å². The molecule has 0 unspecified atom stereocenters. The number of para-hydroxylation sites is 1. The summed E-state index contributed by atoms with van der Waals surface area (Å²) in [6.45, 7) is 1.80. The van der Waals surface area contributed by atoms with Gasteiger partial charge in [0.1, 0.15) is 5.78 Å². The summed E-state index contributed by atoms with van der Waals surface area (Å²) in [6, 6.07) is 7.61. The number of hydrogen-bond acceptors (Lipinski definition) is 4. The Bertz CT molecular complexity index is 1100. The summed E-state index contributed by atoms with van der Waals surface area (Å²) in [5, 5.41) is 7.68. The fourth-order valence-electron chi connectivity index (χ4n) is 3.68. The van der Waals surface area contributed by atoms with Crippen LogP contribution in [-0.2, 0) is 35.3 Å². The number of fused-ring (bicyclic) bond motifs is 2. The summed E-state index contributed by atoms with van der Waals surface area (Å²) in [4.78, 5) is 29.6. The molecule has 0 aliphatic carbocycles. The van der Waals surface area contributed by atoms with E-state index in [-0.39, 0.29) is 44.1 Å². The first kappa shape index (κ1) is 19.2. The van der Waals surface area contributed by atoms with Crippen molar-refractivity contribution in [3.63, 3.8) is 0 Å². The van der Waals surface area contributed by atoms with Crippen LogP contribution in [0.2, 0.25) is 0 Å². The zero-order chi connectivity index (χ0) is 20.8. The number of ketones is 1. The summed E-state index contributed by atoms with van der Waals surface area (Å²) < 4.78 is 39.7. The first-order chi connectivity index (χ1) is 13.7. The van der Waals surface area contributed by atoms with Crippen LogP contribution in [0.3, 0.4) is 0 Å².